The number of ether oxygens (including phenoxy) is 1. The molecule has 1 aliphatic rings. The van der Waals surface area contributed by atoms with E-state index >= 15 is 0 Å². The first-order chi connectivity index (χ1) is 5.16. The summed E-state index contributed by atoms with van der Waals surface area (Å²) in [5, 5.41) is 9.10. The van der Waals surface area contributed by atoms with Gasteiger partial charge in [0.2, 0.25) is 0 Å². The van der Waals surface area contributed by atoms with Crippen molar-refractivity contribution in [3.8, 4) is 0 Å². The second kappa shape index (κ2) is 2.88. The van der Waals surface area contributed by atoms with Crippen molar-refractivity contribution >= 4 is 5.97 Å². The van der Waals surface area contributed by atoms with Crippen molar-refractivity contribution in [1.82, 2.24) is 0 Å². The SMILES string of the molecule is C/C=C/C1=C(C)C(O)C(=O)O1. The number of carbonyl (C=O) groups excluding carboxylic acids is 1. The fourth-order valence-electron chi connectivity index (χ4n) is 0.873. The fourth-order valence-corrected chi connectivity index (χ4v) is 0.873. The third-order valence-electron chi connectivity index (χ3n) is 1.55. The summed E-state index contributed by atoms with van der Waals surface area (Å²) in [6.07, 6.45) is 2.34. The lowest BCUT2D eigenvalue weighted by Crippen LogP contribution is -2.15. The predicted octanol–water partition coefficient (Wildman–Crippen LogP) is 0.754. The van der Waals surface area contributed by atoms with Crippen LogP contribution in [0.4, 0.5) is 0 Å². The van der Waals surface area contributed by atoms with Gasteiger partial charge in [-0.2, -0.15) is 0 Å². The Labute approximate surface area is 65.0 Å². The molecule has 1 heterocycles. The maximum absolute atomic E-state index is 10.7. The Bertz CT molecular complexity index is 238. The Balaban J connectivity index is 2.88. The Morgan fingerprint density at radius 2 is 2.27 bits per heavy atom. The van der Waals surface area contributed by atoms with Gasteiger partial charge in [0, 0.05) is 5.57 Å². The van der Waals surface area contributed by atoms with E-state index in [4.69, 9.17) is 9.84 Å². The highest BCUT2D eigenvalue weighted by molar-refractivity contribution is 5.82. The molecule has 1 atom stereocenters. The first-order valence-corrected chi connectivity index (χ1v) is 3.40. The van der Waals surface area contributed by atoms with Gasteiger partial charge in [-0.25, -0.2) is 4.79 Å². The van der Waals surface area contributed by atoms with Crippen molar-refractivity contribution in [3.63, 3.8) is 0 Å². The molecule has 0 aromatic heterocycles. The lowest BCUT2D eigenvalue weighted by molar-refractivity contribution is -0.143. The number of cyclic esters (lactones) is 1. The number of carbonyl (C=O) groups is 1. The summed E-state index contributed by atoms with van der Waals surface area (Å²) in [4.78, 5) is 10.7. The van der Waals surface area contributed by atoms with Crippen molar-refractivity contribution in [1.29, 1.82) is 0 Å². The van der Waals surface area contributed by atoms with Gasteiger partial charge in [-0.3, -0.25) is 0 Å². The largest absolute Gasteiger partial charge is 0.424 e. The molecular weight excluding hydrogens is 144 g/mol. The summed E-state index contributed by atoms with van der Waals surface area (Å²) in [5.74, 6) is -0.124. The van der Waals surface area contributed by atoms with Crippen molar-refractivity contribution in [2.45, 2.75) is 20.0 Å². The van der Waals surface area contributed by atoms with Crippen LogP contribution in [0.1, 0.15) is 13.8 Å². The number of esters is 1. The van der Waals surface area contributed by atoms with Gasteiger partial charge in [0.1, 0.15) is 5.76 Å². The number of aliphatic hydroxyl groups is 1. The molecule has 1 rings (SSSR count). The molecule has 0 amide bonds. The standard InChI is InChI=1S/C8H10O3/c1-3-4-6-5(2)7(9)8(10)11-6/h3-4,7,9H,1-2H3/b4-3+. The average Bonchev–Trinajstić information content (AvgIpc) is 2.19. The van der Waals surface area contributed by atoms with E-state index < -0.39 is 12.1 Å². The van der Waals surface area contributed by atoms with Crippen LogP contribution in [-0.4, -0.2) is 17.2 Å². The summed E-state index contributed by atoms with van der Waals surface area (Å²) < 4.78 is 4.73. The molecule has 0 saturated carbocycles. The molecule has 3 nitrogen and oxygen atoms in total. The zero-order valence-corrected chi connectivity index (χ0v) is 6.50. The van der Waals surface area contributed by atoms with Gasteiger partial charge in [0.15, 0.2) is 6.10 Å². The lowest BCUT2D eigenvalue weighted by Gasteiger charge is -1.93. The number of hydrogen-bond acceptors (Lipinski definition) is 3. The summed E-state index contributed by atoms with van der Waals surface area (Å²) in [5.41, 5.74) is 0.577. The van der Waals surface area contributed by atoms with E-state index in [0.29, 0.717) is 11.3 Å². The highest BCUT2D eigenvalue weighted by Crippen LogP contribution is 2.20. The molecular formula is C8H10O3. The Hall–Kier alpha value is -1.09. The smallest absolute Gasteiger partial charge is 0.344 e. The van der Waals surface area contributed by atoms with Crippen molar-refractivity contribution in [2.24, 2.45) is 0 Å². The summed E-state index contributed by atoms with van der Waals surface area (Å²) in [6, 6.07) is 0. The number of hydrogen-bond donors (Lipinski definition) is 1. The monoisotopic (exact) mass is 154 g/mol. The topological polar surface area (TPSA) is 46.5 Å². The molecule has 60 valence electrons. The highest BCUT2D eigenvalue weighted by atomic mass is 16.6. The number of allylic oxidation sites excluding steroid dienone is 2. The van der Waals surface area contributed by atoms with Crippen LogP contribution < -0.4 is 0 Å². The van der Waals surface area contributed by atoms with Gasteiger partial charge in [-0.05, 0) is 19.9 Å². The summed E-state index contributed by atoms with van der Waals surface area (Å²) in [6.45, 7) is 3.49. The van der Waals surface area contributed by atoms with E-state index in [2.05, 4.69) is 0 Å². The molecule has 1 N–H and O–H groups in total. The maximum atomic E-state index is 10.7. The van der Waals surface area contributed by atoms with Gasteiger partial charge < -0.3 is 9.84 Å². The molecule has 0 saturated heterocycles. The van der Waals surface area contributed by atoms with E-state index in [0.717, 1.165) is 0 Å². The van der Waals surface area contributed by atoms with E-state index in [9.17, 15) is 4.79 Å². The van der Waals surface area contributed by atoms with Crippen LogP contribution in [0.15, 0.2) is 23.5 Å². The molecule has 1 aliphatic heterocycles. The van der Waals surface area contributed by atoms with Gasteiger partial charge in [0.25, 0.3) is 0 Å². The Kier molecular flexibility index (Phi) is 2.10. The zero-order chi connectivity index (χ0) is 8.43. The van der Waals surface area contributed by atoms with Crippen molar-refractivity contribution in [3.05, 3.63) is 23.5 Å². The molecule has 1 unspecified atom stereocenters. The van der Waals surface area contributed by atoms with E-state index in [1.54, 1.807) is 19.1 Å². The maximum Gasteiger partial charge on any atom is 0.344 e. The first kappa shape index (κ1) is 8.01. The van der Waals surface area contributed by atoms with Crippen LogP contribution in [0.25, 0.3) is 0 Å². The van der Waals surface area contributed by atoms with Gasteiger partial charge in [-0.1, -0.05) is 6.08 Å². The molecule has 0 aromatic rings. The number of aliphatic hydroxyl groups excluding tert-OH is 1. The van der Waals surface area contributed by atoms with Crippen molar-refractivity contribution < 1.29 is 14.6 Å². The zero-order valence-electron chi connectivity index (χ0n) is 6.50. The second-order valence-electron chi connectivity index (χ2n) is 2.37. The number of rotatable bonds is 1. The van der Waals surface area contributed by atoms with Gasteiger partial charge in [-0.15, -0.1) is 0 Å². The van der Waals surface area contributed by atoms with Crippen LogP contribution in [0.2, 0.25) is 0 Å². The van der Waals surface area contributed by atoms with Crippen LogP contribution in [-0.2, 0) is 9.53 Å². The predicted molar refractivity (Wildman–Crippen MR) is 39.6 cm³/mol. The Morgan fingerprint density at radius 1 is 1.64 bits per heavy atom. The van der Waals surface area contributed by atoms with Gasteiger partial charge >= 0.3 is 5.97 Å². The molecule has 0 aliphatic carbocycles. The minimum absolute atomic E-state index is 0.463. The van der Waals surface area contributed by atoms with E-state index in [1.807, 2.05) is 6.92 Å². The molecule has 0 bridgehead atoms. The molecule has 0 spiro atoms. The quantitative estimate of drug-likeness (QED) is 0.567. The van der Waals surface area contributed by atoms with Crippen LogP contribution in [0.5, 0.6) is 0 Å². The van der Waals surface area contributed by atoms with Crippen LogP contribution >= 0.6 is 0 Å². The van der Waals surface area contributed by atoms with Crippen molar-refractivity contribution in [2.75, 3.05) is 0 Å². The molecule has 0 radical (unpaired) electrons. The lowest BCUT2D eigenvalue weighted by atomic mass is 10.2. The first-order valence-electron chi connectivity index (χ1n) is 3.40. The second-order valence-corrected chi connectivity index (χ2v) is 2.37. The molecule has 0 aromatic carbocycles. The van der Waals surface area contributed by atoms with Gasteiger partial charge in [0.05, 0.1) is 0 Å². The minimum Gasteiger partial charge on any atom is -0.424 e. The summed E-state index contributed by atoms with van der Waals surface area (Å²) in [7, 11) is 0. The minimum atomic E-state index is -1.07. The molecule has 11 heavy (non-hydrogen) atoms. The van der Waals surface area contributed by atoms with Crippen LogP contribution in [0.3, 0.4) is 0 Å². The summed E-state index contributed by atoms with van der Waals surface area (Å²) >= 11 is 0. The molecule has 0 fully saturated rings. The fraction of sp³-hybridized carbons (Fsp3) is 0.375. The average molecular weight is 154 g/mol. The van der Waals surface area contributed by atoms with Crippen LogP contribution in [0, 0.1) is 0 Å². The highest BCUT2D eigenvalue weighted by Gasteiger charge is 2.29. The Morgan fingerprint density at radius 3 is 2.64 bits per heavy atom. The van der Waals surface area contributed by atoms with E-state index in [-0.39, 0.29) is 0 Å². The third kappa shape index (κ3) is 1.33. The van der Waals surface area contributed by atoms with E-state index in [1.165, 1.54) is 0 Å². The normalized spacial score (nSPS) is 25.0. The third-order valence-corrected chi connectivity index (χ3v) is 1.55. The molecule has 3 heteroatoms.